The minimum absolute atomic E-state index is 0.0302. The highest BCUT2D eigenvalue weighted by Crippen LogP contribution is 2.24. The van der Waals surface area contributed by atoms with Gasteiger partial charge in [0.1, 0.15) is 16.8 Å². The van der Waals surface area contributed by atoms with E-state index in [9.17, 15) is 17.6 Å². The fourth-order valence-electron chi connectivity index (χ4n) is 1.83. The number of primary amides is 1. The molecule has 1 fully saturated rings. The Hall–Kier alpha value is -1.03. The summed E-state index contributed by atoms with van der Waals surface area (Å²) >= 11 is 3.10. The van der Waals surface area contributed by atoms with E-state index in [0.29, 0.717) is 4.47 Å². The Morgan fingerprint density at radius 2 is 2.20 bits per heavy atom. The second kappa shape index (κ2) is 5.76. The van der Waals surface area contributed by atoms with Crippen LogP contribution in [0.1, 0.15) is 0 Å². The number of nitrogens with two attached hydrogens (primary N) is 1. The van der Waals surface area contributed by atoms with Gasteiger partial charge in [0.2, 0.25) is 15.9 Å². The Balaban J connectivity index is 2.35. The summed E-state index contributed by atoms with van der Waals surface area (Å²) in [5, 5.41) is 0. The lowest BCUT2D eigenvalue weighted by atomic mass is 10.3. The molecular formula is C11H12BrFN2O4S. The van der Waals surface area contributed by atoms with Gasteiger partial charge in [-0.1, -0.05) is 15.9 Å². The topological polar surface area (TPSA) is 89.7 Å². The molecule has 1 saturated heterocycles. The van der Waals surface area contributed by atoms with E-state index < -0.39 is 32.7 Å². The molecule has 6 nitrogen and oxygen atoms in total. The summed E-state index contributed by atoms with van der Waals surface area (Å²) in [6, 6.07) is 3.64. The first-order chi connectivity index (χ1) is 9.32. The summed E-state index contributed by atoms with van der Waals surface area (Å²) in [6.45, 7) is -0.149. The molecule has 0 aromatic heterocycles. The quantitative estimate of drug-likeness (QED) is 0.841. The van der Waals surface area contributed by atoms with Crippen LogP contribution in [0.25, 0.3) is 0 Å². The van der Waals surface area contributed by atoms with Crippen molar-refractivity contribution in [2.45, 2.75) is 11.0 Å². The zero-order valence-electron chi connectivity index (χ0n) is 10.3. The van der Waals surface area contributed by atoms with Crippen LogP contribution in [-0.2, 0) is 19.6 Å². The number of hydrogen-bond acceptors (Lipinski definition) is 4. The number of halogens is 2. The first-order valence-electron chi connectivity index (χ1n) is 5.68. The lowest BCUT2D eigenvalue weighted by molar-refractivity contribution is -0.132. The summed E-state index contributed by atoms with van der Waals surface area (Å²) in [7, 11) is -4.04. The molecule has 1 atom stereocenters. The van der Waals surface area contributed by atoms with Crippen molar-refractivity contribution in [2.75, 3.05) is 19.7 Å². The van der Waals surface area contributed by atoms with Crippen LogP contribution >= 0.6 is 15.9 Å². The number of nitrogens with zero attached hydrogens (tertiary/aromatic N) is 1. The van der Waals surface area contributed by atoms with E-state index in [4.69, 9.17) is 10.5 Å². The molecule has 2 N–H and O–H groups in total. The Morgan fingerprint density at radius 1 is 1.50 bits per heavy atom. The van der Waals surface area contributed by atoms with Crippen molar-refractivity contribution in [3.63, 3.8) is 0 Å². The van der Waals surface area contributed by atoms with Crippen LogP contribution in [0.5, 0.6) is 0 Å². The number of benzene rings is 1. The van der Waals surface area contributed by atoms with Crippen LogP contribution in [0.15, 0.2) is 27.6 Å². The average molecular weight is 367 g/mol. The number of morpholine rings is 1. The van der Waals surface area contributed by atoms with Gasteiger partial charge in [0, 0.05) is 17.6 Å². The van der Waals surface area contributed by atoms with Crippen LogP contribution in [-0.4, -0.2) is 44.4 Å². The second-order valence-electron chi connectivity index (χ2n) is 4.20. The molecule has 0 bridgehead atoms. The lowest BCUT2D eigenvalue weighted by Crippen LogP contribution is -2.50. The first kappa shape index (κ1) is 15.4. The van der Waals surface area contributed by atoms with Crippen molar-refractivity contribution in [2.24, 2.45) is 5.73 Å². The lowest BCUT2D eigenvalue weighted by Gasteiger charge is -2.30. The molecule has 1 aliphatic rings. The van der Waals surface area contributed by atoms with Gasteiger partial charge in [-0.15, -0.1) is 0 Å². The number of sulfonamides is 1. The minimum Gasteiger partial charge on any atom is -0.367 e. The van der Waals surface area contributed by atoms with Crippen LogP contribution < -0.4 is 5.73 Å². The Labute approximate surface area is 123 Å². The van der Waals surface area contributed by atoms with Crippen molar-refractivity contribution in [3.8, 4) is 0 Å². The summed E-state index contributed by atoms with van der Waals surface area (Å²) < 4.78 is 45.0. The molecule has 1 unspecified atom stereocenters. The number of hydrogen-bond donors (Lipinski definition) is 1. The van der Waals surface area contributed by atoms with Crippen molar-refractivity contribution in [1.82, 2.24) is 4.31 Å². The number of amides is 1. The van der Waals surface area contributed by atoms with E-state index in [2.05, 4.69) is 15.9 Å². The van der Waals surface area contributed by atoms with Crippen LogP contribution in [0.2, 0.25) is 0 Å². The van der Waals surface area contributed by atoms with Gasteiger partial charge in [0.05, 0.1) is 6.61 Å². The number of rotatable bonds is 3. The van der Waals surface area contributed by atoms with Crippen molar-refractivity contribution in [1.29, 1.82) is 0 Å². The molecule has 1 aromatic carbocycles. The molecule has 0 aliphatic carbocycles. The maximum Gasteiger partial charge on any atom is 0.247 e. The van der Waals surface area contributed by atoms with E-state index in [1.165, 1.54) is 12.1 Å². The minimum atomic E-state index is -4.04. The maximum absolute atomic E-state index is 13.7. The van der Waals surface area contributed by atoms with Crippen molar-refractivity contribution < 1.29 is 22.3 Å². The summed E-state index contributed by atoms with van der Waals surface area (Å²) in [5.41, 5.74) is 5.10. The van der Waals surface area contributed by atoms with Gasteiger partial charge in [-0.25, -0.2) is 12.8 Å². The summed E-state index contributed by atoms with van der Waals surface area (Å²) in [4.78, 5) is 10.6. The molecule has 110 valence electrons. The Kier molecular flexibility index (Phi) is 4.43. The van der Waals surface area contributed by atoms with Gasteiger partial charge < -0.3 is 10.5 Å². The van der Waals surface area contributed by atoms with Gasteiger partial charge in [-0.05, 0) is 18.2 Å². The highest BCUT2D eigenvalue weighted by Gasteiger charge is 2.34. The van der Waals surface area contributed by atoms with Gasteiger partial charge in [0.15, 0.2) is 0 Å². The SMILES string of the molecule is NC(=O)C1CN(S(=O)(=O)c2cc(Br)ccc2F)CCO1. The normalized spacial score (nSPS) is 20.8. The summed E-state index contributed by atoms with van der Waals surface area (Å²) in [5.74, 6) is -1.60. The molecule has 0 saturated carbocycles. The van der Waals surface area contributed by atoms with E-state index in [0.717, 1.165) is 10.4 Å². The highest BCUT2D eigenvalue weighted by molar-refractivity contribution is 9.10. The van der Waals surface area contributed by atoms with Crippen LogP contribution in [0, 0.1) is 5.82 Å². The molecule has 1 aromatic rings. The molecule has 2 rings (SSSR count). The van der Waals surface area contributed by atoms with E-state index in [1.54, 1.807) is 0 Å². The smallest absolute Gasteiger partial charge is 0.247 e. The fraction of sp³-hybridized carbons (Fsp3) is 0.364. The Morgan fingerprint density at radius 3 is 2.85 bits per heavy atom. The fourth-order valence-corrected chi connectivity index (χ4v) is 3.86. The second-order valence-corrected chi connectivity index (χ2v) is 7.02. The molecular weight excluding hydrogens is 355 g/mol. The molecule has 0 spiro atoms. The van der Waals surface area contributed by atoms with Gasteiger partial charge >= 0.3 is 0 Å². The largest absolute Gasteiger partial charge is 0.367 e. The predicted octanol–water partition coefficient (Wildman–Crippen LogP) is 0.463. The standard InChI is InChI=1S/C11H12BrFN2O4S/c12-7-1-2-8(13)10(5-7)20(17,18)15-3-4-19-9(6-15)11(14)16/h1-2,5,9H,3-4,6H2,(H2,14,16). The zero-order chi connectivity index (χ0) is 14.9. The maximum atomic E-state index is 13.7. The predicted molar refractivity (Wildman–Crippen MR) is 71.8 cm³/mol. The summed E-state index contributed by atoms with van der Waals surface area (Å²) in [6.07, 6.45) is -1.02. The molecule has 0 radical (unpaired) electrons. The van der Waals surface area contributed by atoms with Crippen molar-refractivity contribution >= 4 is 31.9 Å². The van der Waals surface area contributed by atoms with Gasteiger partial charge in [-0.2, -0.15) is 4.31 Å². The van der Waals surface area contributed by atoms with Crippen LogP contribution in [0.3, 0.4) is 0 Å². The highest BCUT2D eigenvalue weighted by atomic mass is 79.9. The zero-order valence-corrected chi connectivity index (χ0v) is 12.7. The molecule has 9 heteroatoms. The van der Waals surface area contributed by atoms with E-state index in [1.807, 2.05) is 0 Å². The van der Waals surface area contributed by atoms with Gasteiger partial charge in [0.25, 0.3) is 0 Å². The van der Waals surface area contributed by atoms with Crippen LogP contribution in [0.4, 0.5) is 4.39 Å². The third-order valence-electron chi connectivity index (χ3n) is 2.86. The molecule has 1 heterocycles. The van der Waals surface area contributed by atoms with E-state index >= 15 is 0 Å². The molecule has 1 amide bonds. The number of carbonyl (C=O) groups is 1. The number of ether oxygens (including phenoxy) is 1. The molecule has 1 aliphatic heterocycles. The number of carbonyl (C=O) groups excluding carboxylic acids is 1. The van der Waals surface area contributed by atoms with Gasteiger partial charge in [-0.3, -0.25) is 4.79 Å². The average Bonchev–Trinajstić information content (AvgIpc) is 2.41. The third-order valence-corrected chi connectivity index (χ3v) is 5.23. The monoisotopic (exact) mass is 366 g/mol. The Bertz CT molecular complexity index is 637. The molecule has 20 heavy (non-hydrogen) atoms. The van der Waals surface area contributed by atoms with E-state index in [-0.39, 0.29) is 19.7 Å². The first-order valence-corrected chi connectivity index (χ1v) is 7.92. The third kappa shape index (κ3) is 3.00. The van der Waals surface area contributed by atoms with Crippen molar-refractivity contribution in [3.05, 3.63) is 28.5 Å².